The SMILES string of the molecule is CCC(CCCN(CC1CC1)C1CC1)(NC)C(=O)O. The van der Waals surface area contributed by atoms with Gasteiger partial charge in [0.15, 0.2) is 0 Å². The molecule has 19 heavy (non-hydrogen) atoms. The van der Waals surface area contributed by atoms with Crippen molar-refractivity contribution in [3.05, 3.63) is 0 Å². The first-order chi connectivity index (χ1) is 9.11. The van der Waals surface area contributed by atoms with Crippen molar-refractivity contribution in [1.29, 1.82) is 0 Å². The molecule has 0 aromatic rings. The highest BCUT2D eigenvalue weighted by molar-refractivity contribution is 5.78. The molecule has 4 nitrogen and oxygen atoms in total. The first kappa shape index (κ1) is 14.8. The summed E-state index contributed by atoms with van der Waals surface area (Å²) in [6.45, 7) is 4.27. The average Bonchev–Trinajstić information content (AvgIpc) is 3.27. The maximum absolute atomic E-state index is 11.4. The highest BCUT2D eigenvalue weighted by atomic mass is 16.4. The van der Waals surface area contributed by atoms with Crippen LogP contribution in [0, 0.1) is 5.92 Å². The molecule has 110 valence electrons. The summed E-state index contributed by atoms with van der Waals surface area (Å²) in [5.74, 6) is 0.220. The number of nitrogens with one attached hydrogen (secondary N) is 1. The van der Waals surface area contributed by atoms with E-state index in [0.29, 0.717) is 6.42 Å². The van der Waals surface area contributed by atoms with Gasteiger partial charge in [0.1, 0.15) is 5.54 Å². The monoisotopic (exact) mass is 268 g/mol. The summed E-state index contributed by atoms with van der Waals surface area (Å²) in [6.07, 6.45) is 7.83. The van der Waals surface area contributed by atoms with E-state index in [-0.39, 0.29) is 0 Å². The summed E-state index contributed by atoms with van der Waals surface area (Å²) >= 11 is 0. The van der Waals surface area contributed by atoms with Crippen molar-refractivity contribution in [2.24, 2.45) is 5.92 Å². The Bertz CT molecular complexity index is 307. The van der Waals surface area contributed by atoms with Gasteiger partial charge in [0.25, 0.3) is 0 Å². The van der Waals surface area contributed by atoms with Gasteiger partial charge in [0.2, 0.25) is 0 Å². The van der Waals surface area contributed by atoms with E-state index >= 15 is 0 Å². The van der Waals surface area contributed by atoms with Gasteiger partial charge in [-0.2, -0.15) is 0 Å². The van der Waals surface area contributed by atoms with Crippen LogP contribution in [0.15, 0.2) is 0 Å². The van der Waals surface area contributed by atoms with Crippen LogP contribution in [-0.2, 0) is 4.79 Å². The molecule has 2 saturated carbocycles. The van der Waals surface area contributed by atoms with E-state index in [0.717, 1.165) is 31.3 Å². The van der Waals surface area contributed by atoms with Crippen LogP contribution in [0.1, 0.15) is 51.9 Å². The zero-order valence-electron chi connectivity index (χ0n) is 12.3. The Balaban J connectivity index is 1.77. The van der Waals surface area contributed by atoms with Crippen LogP contribution in [0.3, 0.4) is 0 Å². The summed E-state index contributed by atoms with van der Waals surface area (Å²) in [6, 6.07) is 0.802. The van der Waals surface area contributed by atoms with E-state index in [1.807, 2.05) is 6.92 Å². The number of hydrogen-bond donors (Lipinski definition) is 2. The van der Waals surface area contributed by atoms with Crippen LogP contribution in [-0.4, -0.2) is 47.7 Å². The predicted molar refractivity (Wildman–Crippen MR) is 76.3 cm³/mol. The number of carboxylic acid groups (broad SMARTS) is 1. The Labute approximate surface area is 116 Å². The normalized spacial score (nSPS) is 22.5. The zero-order chi connectivity index (χ0) is 13.9. The number of carbonyl (C=O) groups is 1. The second-order valence-electron chi connectivity index (χ2n) is 6.26. The second kappa shape index (κ2) is 6.23. The number of carboxylic acids is 1. The quantitative estimate of drug-likeness (QED) is 0.637. The standard InChI is InChI=1S/C15H28N2O2/c1-3-15(16-2,14(18)19)9-4-10-17(13-7-8-13)11-12-5-6-12/h12-13,16H,3-11H2,1-2H3,(H,18,19). The molecule has 1 unspecified atom stereocenters. The maximum atomic E-state index is 11.4. The minimum atomic E-state index is -0.727. The van der Waals surface area contributed by atoms with E-state index in [1.54, 1.807) is 7.05 Å². The summed E-state index contributed by atoms with van der Waals surface area (Å²) in [5.41, 5.74) is -0.727. The Morgan fingerprint density at radius 2 is 2.05 bits per heavy atom. The van der Waals surface area contributed by atoms with E-state index in [2.05, 4.69) is 10.2 Å². The number of nitrogens with zero attached hydrogens (tertiary/aromatic N) is 1. The van der Waals surface area contributed by atoms with Crippen molar-refractivity contribution in [2.45, 2.75) is 63.5 Å². The van der Waals surface area contributed by atoms with Crippen molar-refractivity contribution in [3.63, 3.8) is 0 Å². The molecule has 0 saturated heterocycles. The molecule has 0 aromatic carbocycles. The third-order valence-corrected chi connectivity index (χ3v) is 4.79. The van der Waals surface area contributed by atoms with Gasteiger partial charge in [0, 0.05) is 12.6 Å². The minimum absolute atomic E-state index is 0.644. The van der Waals surface area contributed by atoms with Crippen LogP contribution < -0.4 is 5.32 Å². The minimum Gasteiger partial charge on any atom is -0.480 e. The summed E-state index contributed by atoms with van der Waals surface area (Å²) in [7, 11) is 1.76. The fraction of sp³-hybridized carbons (Fsp3) is 0.933. The Hall–Kier alpha value is -0.610. The molecule has 0 heterocycles. The van der Waals surface area contributed by atoms with Gasteiger partial charge >= 0.3 is 5.97 Å². The zero-order valence-corrected chi connectivity index (χ0v) is 12.3. The van der Waals surface area contributed by atoms with Crippen molar-refractivity contribution in [1.82, 2.24) is 10.2 Å². The van der Waals surface area contributed by atoms with Crippen LogP contribution >= 0.6 is 0 Å². The average molecular weight is 268 g/mol. The van der Waals surface area contributed by atoms with Crippen molar-refractivity contribution >= 4 is 5.97 Å². The van der Waals surface area contributed by atoms with Crippen molar-refractivity contribution in [3.8, 4) is 0 Å². The Morgan fingerprint density at radius 3 is 2.47 bits per heavy atom. The maximum Gasteiger partial charge on any atom is 0.323 e. The fourth-order valence-corrected chi connectivity index (χ4v) is 2.92. The highest BCUT2D eigenvalue weighted by Gasteiger charge is 2.36. The lowest BCUT2D eigenvalue weighted by atomic mass is 9.90. The van der Waals surface area contributed by atoms with Gasteiger partial charge in [-0.05, 0) is 64.5 Å². The molecule has 2 aliphatic carbocycles. The fourth-order valence-electron chi connectivity index (χ4n) is 2.92. The third kappa shape index (κ3) is 3.93. The third-order valence-electron chi connectivity index (χ3n) is 4.79. The molecular weight excluding hydrogens is 240 g/mol. The molecule has 0 bridgehead atoms. The van der Waals surface area contributed by atoms with E-state index in [1.165, 1.54) is 32.2 Å². The lowest BCUT2D eigenvalue weighted by Crippen LogP contribution is -2.50. The van der Waals surface area contributed by atoms with E-state index < -0.39 is 11.5 Å². The molecule has 0 spiro atoms. The summed E-state index contributed by atoms with van der Waals surface area (Å²) < 4.78 is 0. The Morgan fingerprint density at radius 1 is 1.37 bits per heavy atom. The van der Waals surface area contributed by atoms with Gasteiger partial charge in [-0.1, -0.05) is 6.92 Å². The topological polar surface area (TPSA) is 52.6 Å². The van der Waals surface area contributed by atoms with Gasteiger partial charge in [-0.25, -0.2) is 0 Å². The number of likely N-dealkylation sites (N-methyl/N-ethyl adjacent to an activating group) is 1. The first-order valence-electron chi connectivity index (χ1n) is 7.77. The number of rotatable bonds is 10. The van der Waals surface area contributed by atoms with Crippen LogP contribution in [0.25, 0.3) is 0 Å². The van der Waals surface area contributed by atoms with Crippen molar-refractivity contribution < 1.29 is 9.90 Å². The lowest BCUT2D eigenvalue weighted by Gasteiger charge is -2.29. The molecule has 0 aliphatic heterocycles. The van der Waals surface area contributed by atoms with Crippen LogP contribution in [0.2, 0.25) is 0 Å². The van der Waals surface area contributed by atoms with Gasteiger partial charge in [0.05, 0.1) is 0 Å². The molecular formula is C15H28N2O2. The van der Waals surface area contributed by atoms with E-state index in [9.17, 15) is 9.90 Å². The molecule has 2 rings (SSSR count). The molecule has 1 atom stereocenters. The molecule has 0 radical (unpaired) electrons. The van der Waals surface area contributed by atoms with Gasteiger partial charge in [-0.3, -0.25) is 4.79 Å². The first-order valence-corrected chi connectivity index (χ1v) is 7.77. The van der Waals surface area contributed by atoms with Crippen LogP contribution in [0.5, 0.6) is 0 Å². The second-order valence-corrected chi connectivity index (χ2v) is 6.26. The Kier molecular flexibility index (Phi) is 4.85. The van der Waals surface area contributed by atoms with Crippen molar-refractivity contribution in [2.75, 3.05) is 20.1 Å². The largest absolute Gasteiger partial charge is 0.480 e. The molecule has 2 aliphatic rings. The van der Waals surface area contributed by atoms with Gasteiger partial charge in [-0.15, -0.1) is 0 Å². The predicted octanol–water partition coefficient (Wildman–Crippen LogP) is 2.09. The van der Waals surface area contributed by atoms with E-state index in [4.69, 9.17) is 0 Å². The molecule has 0 aromatic heterocycles. The highest BCUT2D eigenvalue weighted by Crippen LogP contribution is 2.35. The molecule has 0 amide bonds. The van der Waals surface area contributed by atoms with Crippen LogP contribution in [0.4, 0.5) is 0 Å². The summed E-state index contributed by atoms with van der Waals surface area (Å²) in [5, 5.41) is 12.4. The van der Waals surface area contributed by atoms with Gasteiger partial charge < -0.3 is 15.3 Å². The molecule has 2 N–H and O–H groups in total. The molecule has 4 heteroatoms. The number of hydrogen-bond acceptors (Lipinski definition) is 3. The smallest absolute Gasteiger partial charge is 0.323 e. The lowest BCUT2D eigenvalue weighted by molar-refractivity contribution is -0.145. The number of aliphatic carboxylic acids is 1. The molecule has 2 fully saturated rings. The summed E-state index contributed by atoms with van der Waals surface area (Å²) in [4.78, 5) is 14.0.